The molecule has 1 fully saturated rings. The van der Waals surface area contributed by atoms with Crippen molar-refractivity contribution in [2.75, 3.05) is 0 Å². The number of hydrogen-bond donors (Lipinski definition) is 4. The quantitative estimate of drug-likeness (QED) is 0.110. The zero-order valence-corrected chi connectivity index (χ0v) is 26.3. The van der Waals surface area contributed by atoms with Crippen LogP contribution >= 0.6 is 0 Å². The van der Waals surface area contributed by atoms with Gasteiger partial charge in [0.1, 0.15) is 12.2 Å². The average Bonchev–Trinajstić information content (AvgIpc) is 2.92. The number of ether oxygens (including phenoxy) is 2. The minimum Gasteiger partial charge on any atom is -0.462 e. The van der Waals surface area contributed by atoms with Crippen LogP contribution in [0.25, 0.3) is 0 Å². The number of carbonyl (C=O) groups excluding carboxylic acids is 2. The van der Waals surface area contributed by atoms with Gasteiger partial charge in [-0.3, -0.25) is 4.79 Å². The maximum absolute atomic E-state index is 11.9. The molecule has 0 spiro atoms. The van der Waals surface area contributed by atoms with Gasteiger partial charge in [-0.1, -0.05) is 90.2 Å². The third kappa shape index (κ3) is 11.4. The summed E-state index contributed by atoms with van der Waals surface area (Å²) in [5, 5.41) is 32.3. The summed E-state index contributed by atoms with van der Waals surface area (Å²) >= 11 is 0. The maximum atomic E-state index is 11.9. The van der Waals surface area contributed by atoms with E-state index in [4.69, 9.17) is 15.2 Å². The second-order valence-electron chi connectivity index (χ2n) is 12.3. The van der Waals surface area contributed by atoms with E-state index in [2.05, 4.69) is 6.58 Å². The van der Waals surface area contributed by atoms with Crippen LogP contribution in [-0.2, 0) is 14.3 Å². The van der Waals surface area contributed by atoms with E-state index in [1.54, 1.807) is 19.1 Å². The van der Waals surface area contributed by atoms with Gasteiger partial charge in [-0.15, -0.1) is 0 Å². The van der Waals surface area contributed by atoms with Gasteiger partial charge >= 0.3 is 12.1 Å². The Morgan fingerprint density at radius 1 is 1.07 bits per heavy atom. The summed E-state index contributed by atoms with van der Waals surface area (Å²) in [5.41, 5.74) is 6.36. The summed E-state index contributed by atoms with van der Waals surface area (Å²) in [6.07, 6.45) is 9.44. The average molecular weight is 578 g/mol. The molecule has 1 unspecified atom stereocenters. The lowest BCUT2D eigenvalue weighted by Gasteiger charge is -2.36. The molecule has 1 rings (SSSR count). The number of carbonyl (C=O) groups is 2. The van der Waals surface area contributed by atoms with E-state index in [9.17, 15) is 24.9 Å². The van der Waals surface area contributed by atoms with Crippen LogP contribution in [0.15, 0.2) is 48.6 Å². The Bertz CT molecular complexity index is 929. The van der Waals surface area contributed by atoms with Gasteiger partial charge in [-0.25, -0.2) is 4.79 Å². The Morgan fingerprint density at radius 3 is 2.29 bits per heavy atom. The molecular formula is C33H55NO7. The summed E-state index contributed by atoms with van der Waals surface area (Å²) in [6, 6.07) is 0. The number of rotatable bonds is 16. The van der Waals surface area contributed by atoms with Crippen molar-refractivity contribution >= 4 is 12.1 Å². The molecule has 1 amide bonds. The van der Waals surface area contributed by atoms with Crippen LogP contribution in [0.4, 0.5) is 4.79 Å². The lowest BCUT2D eigenvalue weighted by molar-refractivity contribution is -0.177. The molecule has 8 heteroatoms. The van der Waals surface area contributed by atoms with Crippen LogP contribution in [0, 0.1) is 41.4 Å². The maximum Gasteiger partial charge on any atom is 0.404 e. The molecule has 0 aromatic carbocycles. The minimum absolute atomic E-state index is 0.0918. The molecule has 0 aromatic rings. The van der Waals surface area contributed by atoms with Gasteiger partial charge in [0.15, 0.2) is 0 Å². The molecule has 8 nitrogen and oxygen atoms in total. The van der Waals surface area contributed by atoms with E-state index in [1.807, 2.05) is 72.8 Å². The van der Waals surface area contributed by atoms with Crippen LogP contribution in [0.1, 0.15) is 74.7 Å². The van der Waals surface area contributed by atoms with E-state index in [0.717, 1.165) is 5.57 Å². The van der Waals surface area contributed by atoms with Gasteiger partial charge in [0, 0.05) is 29.6 Å². The molecule has 41 heavy (non-hydrogen) atoms. The van der Waals surface area contributed by atoms with Crippen LogP contribution in [0.5, 0.6) is 0 Å². The van der Waals surface area contributed by atoms with Crippen LogP contribution in [-0.4, -0.2) is 57.9 Å². The van der Waals surface area contributed by atoms with Crippen LogP contribution in [0.3, 0.4) is 0 Å². The van der Waals surface area contributed by atoms with E-state index >= 15 is 0 Å². The van der Waals surface area contributed by atoms with E-state index < -0.39 is 36.4 Å². The van der Waals surface area contributed by atoms with E-state index in [1.165, 1.54) is 0 Å². The third-order valence-electron chi connectivity index (χ3n) is 8.56. The predicted molar refractivity (Wildman–Crippen MR) is 163 cm³/mol. The first-order chi connectivity index (χ1) is 19.1. The molecule has 0 bridgehead atoms. The molecule has 1 saturated heterocycles. The Balaban J connectivity index is 2.69. The molecule has 0 saturated carbocycles. The highest BCUT2D eigenvalue weighted by Gasteiger charge is 2.40. The molecule has 0 aromatic heterocycles. The first kappa shape index (κ1) is 36.6. The number of nitrogens with two attached hydrogens (primary N) is 1. The number of esters is 1. The monoisotopic (exact) mass is 577 g/mol. The number of allylic oxidation sites excluding steroid dienone is 4. The van der Waals surface area contributed by atoms with Gasteiger partial charge in [-0.05, 0) is 39.0 Å². The van der Waals surface area contributed by atoms with Crippen molar-refractivity contribution in [3.05, 3.63) is 48.6 Å². The van der Waals surface area contributed by atoms with Crippen molar-refractivity contribution in [3.8, 4) is 0 Å². The van der Waals surface area contributed by atoms with Crippen molar-refractivity contribution < 1.29 is 34.4 Å². The van der Waals surface area contributed by atoms with Crippen molar-refractivity contribution in [1.29, 1.82) is 0 Å². The normalized spacial score (nSPS) is 27.9. The molecule has 1 heterocycles. The first-order valence-corrected chi connectivity index (χ1v) is 15.0. The molecular weight excluding hydrogens is 522 g/mol. The minimum atomic E-state index is -0.872. The summed E-state index contributed by atoms with van der Waals surface area (Å²) < 4.78 is 10.9. The Labute approximate surface area is 247 Å². The predicted octanol–water partition coefficient (Wildman–Crippen LogP) is 5.33. The third-order valence-corrected chi connectivity index (χ3v) is 8.56. The Kier molecular flexibility index (Phi) is 15.6. The fraction of sp³-hybridized carbons (Fsp3) is 0.697. The molecule has 1 aliphatic heterocycles. The topological polar surface area (TPSA) is 139 Å². The summed E-state index contributed by atoms with van der Waals surface area (Å²) in [6.45, 7) is 18.9. The molecule has 12 atom stereocenters. The summed E-state index contributed by atoms with van der Waals surface area (Å²) in [5.74, 6) is -1.79. The van der Waals surface area contributed by atoms with Crippen molar-refractivity contribution in [1.82, 2.24) is 0 Å². The highest BCUT2D eigenvalue weighted by Crippen LogP contribution is 2.30. The highest BCUT2D eigenvalue weighted by molar-refractivity contribution is 5.73. The van der Waals surface area contributed by atoms with Gasteiger partial charge in [0.25, 0.3) is 0 Å². The van der Waals surface area contributed by atoms with Crippen molar-refractivity contribution in [2.24, 2.45) is 47.2 Å². The van der Waals surface area contributed by atoms with Crippen LogP contribution < -0.4 is 5.73 Å². The zero-order valence-electron chi connectivity index (χ0n) is 26.3. The van der Waals surface area contributed by atoms with Crippen molar-refractivity contribution in [3.63, 3.8) is 0 Å². The first-order valence-electron chi connectivity index (χ1n) is 15.0. The van der Waals surface area contributed by atoms with Crippen molar-refractivity contribution in [2.45, 2.75) is 105 Å². The molecule has 0 aliphatic carbocycles. The number of aliphatic hydroxyl groups excluding tert-OH is 3. The number of amides is 1. The second-order valence-corrected chi connectivity index (χ2v) is 12.3. The largest absolute Gasteiger partial charge is 0.462 e. The van der Waals surface area contributed by atoms with Gasteiger partial charge in [0.2, 0.25) is 0 Å². The SMILES string of the molecule is C=C/C=C\[C@H](C)[C@H](OC(N)=O)[C@@H](C)[C@H](O)C(C)C/C(C)=C\[C@H](C)[C@@H](O)[C@@H](C)/C=C\CC[C@@H]1OC(=O)[C@H](C)[C@@H](O)[C@H]1C. The van der Waals surface area contributed by atoms with Gasteiger partial charge in [-0.2, -0.15) is 0 Å². The summed E-state index contributed by atoms with van der Waals surface area (Å²) in [4.78, 5) is 23.5. The van der Waals surface area contributed by atoms with Gasteiger partial charge in [0.05, 0.1) is 24.2 Å². The molecule has 1 aliphatic rings. The molecule has 5 N–H and O–H groups in total. The lowest BCUT2D eigenvalue weighted by atomic mass is 9.81. The Hall–Kier alpha value is -2.42. The van der Waals surface area contributed by atoms with Gasteiger partial charge < -0.3 is 30.5 Å². The molecule has 0 radical (unpaired) electrons. The van der Waals surface area contributed by atoms with E-state index in [-0.39, 0.29) is 47.6 Å². The Morgan fingerprint density at radius 2 is 1.71 bits per heavy atom. The summed E-state index contributed by atoms with van der Waals surface area (Å²) in [7, 11) is 0. The number of hydrogen-bond acceptors (Lipinski definition) is 7. The fourth-order valence-corrected chi connectivity index (χ4v) is 5.81. The zero-order chi connectivity index (χ0) is 31.4. The lowest BCUT2D eigenvalue weighted by Crippen LogP contribution is -2.46. The molecule has 234 valence electrons. The highest BCUT2D eigenvalue weighted by atomic mass is 16.6. The number of cyclic esters (lactones) is 1. The number of aliphatic hydroxyl groups is 3. The second kappa shape index (κ2) is 17.5. The standard InChI is InChI=1S/C33H55NO7/c1-10-11-14-21(4)31(41-33(34)39)25(8)29(36)23(6)18-19(2)17-22(5)28(35)20(3)15-12-13-16-27-24(7)30(37)26(9)32(38)40-27/h10-12,14-15,17,20-31,35-37H,1,13,16,18H2,2-9H3,(H2,34,39)/b14-11-,15-12-,19-17-/t20-,21-,22-,23?,24-,25-,26+,27-,28-,29+,30-,31-/m0/s1. The number of primary amides is 1. The fourth-order valence-electron chi connectivity index (χ4n) is 5.81. The smallest absolute Gasteiger partial charge is 0.404 e. The van der Waals surface area contributed by atoms with Crippen LogP contribution in [0.2, 0.25) is 0 Å². The van der Waals surface area contributed by atoms with E-state index in [0.29, 0.717) is 19.3 Å².